The SMILES string of the molecule is NS(=O)(=O)c1cc(C(=O)NC2CCC2)n(CC(F)F)c1. The summed E-state index contributed by atoms with van der Waals surface area (Å²) in [5.41, 5.74) is -0.124. The Morgan fingerprint density at radius 3 is 2.60 bits per heavy atom. The van der Waals surface area contributed by atoms with E-state index in [0.29, 0.717) is 0 Å². The van der Waals surface area contributed by atoms with E-state index in [1.54, 1.807) is 0 Å². The summed E-state index contributed by atoms with van der Waals surface area (Å²) >= 11 is 0. The number of aromatic nitrogens is 1. The van der Waals surface area contributed by atoms with Gasteiger partial charge in [-0.15, -0.1) is 0 Å². The second-order valence-corrected chi connectivity index (χ2v) is 6.31. The van der Waals surface area contributed by atoms with Gasteiger partial charge in [0.2, 0.25) is 10.0 Å². The first kappa shape index (κ1) is 14.9. The van der Waals surface area contributed by atoms with Crippen molar-refractivity contribution in [3.63, 3.8) is 0 Å². The fourth-order valence-electron chi connectivity index (χ4n) is 1.94. The van der Waals surface area contributed by atoms with Crippen LogP contribution in [0.25, 0.3) is 0 Å². The van der Waals surface area contributed by atoms with Crippen molar-refractivity contribution in [1.29, 1.82) is 0 Å². The summed E-state index contributed by atoms with van der Waals surface area (Å²) in [6.45, 7) is -0.761. The van der Waals surface area contributed by atoms with Crippen LogP contribution in [0.2, 0.25) is 0 Å². The molecule has 0 spiro atoms. The van der Waals surface area contributed by atoms with Crippen molar-refractivity contribution in [3.8, 4) is 0 Å². The van der Waals surface area contributed by atoms with Crippen LogP contribution in [0.5, 0.6) is 0 Å². The number of hydrogen-bond donors (Lipinski definition) is 2. The van der Waals surface area contributed by atoms with E-state index < -0.39 is 28.9 Å². The summed E-state index contributed by atoms with van der Waals surface area (Å²) in [5.74, 6) is -0.565. The van der Waals surface area contributed by atoms with Crippen LogP contribution >= 0.6 is 0 Å². The number of carbonyl (C=O) groups excluding carboxylic acids is 1. The van der Waals surface area contributed by atoms with Gasteiger partial charge in [-0.3, -0.25) is 4.79 Å². The van der Waals surface area contributed by atoms with Gasteiger partial charge in [0.1, 0.15) is 10.6 Å². The summed E-state index contributed by atoms with van der Waals surface area (Å²) in [7, 11) is -4.04. The van der Waals surface area contributed by atoms with Crippen molar-refractivity contribution in [2.45, 2.75) is 43.2 Å². The molecule has 0 atom stereocenters. The van der Waals surface area contributed by atoms with Crippen molar-refractivity contribution < 1.29 is 22.0 Å². The predicted molar refractivity (Wildman–Crippen MR) is 66.9 cm³/mol. The summed E-state index contributed by atoms with van der Waals surface area (Å²) in [6, 6.07) is 1.04. The number of alkyl halides is 2. The highest BCUT2D eigenvalue weighted by Gasteiger charge is 2.24. The molecule has 0 saturated heterocycles. The predicted octanol–water partition coefficient (Wildman–Crippen LogP) is 0.683. The Morgan fingerprint density at radius 1 is 1.50 bits per heavy atom. The van der Waals surface area contributed by atoms with Crippen molar-refractivity contribution >= 4 is 15.9 Å². The average Bonchev–Trinajstić information content (AvgIpc) is 2.65. The van der Waals surface area contributed by atoms with E-state index in [1.807, 2.05) is 0 Å². The maximum absolute atomic E-state index is 12.5. The maximum Gasteiger partial charge on any atom is 0.268 e. The molecule has 1 amide bonds. The van der Waals surface area contributed by atoms with Crippen LogP contribution in [0.4, 0.5) is 8.78 Å². The third-order valence-electron chi connectivity index (χ3n) is 3.21. The molecule has 0 bridgehead atoms. The van der Waals surface area contributed by atoms with Crippen LogP contribution in [-0.2, 0) is 16.6 Å². The number of amides is 1. The number of nitrogens with two attached hydrogens (primary N) is 1. The molecule has 1 saturated carbocycles. The number of nitrogens with zero attached hydrogens (tertiary/aromatic N) is 1. The first-order chi connectivity index (χ1) is 9.27. The van der Waals surface area contributed by atoms with Gasteiger partial charge in [-0.1, -0.05) is 0 Å². The topological polar surface area (TPSA) is 94.2 Å². The lowest BCUT2D eigenvalue weighted by molar-refractivity contribution is 0.0895. The lowest BCUT2D eigenvalue weighted by atomic mass is 9.93. The van der Waals surface area contributed by atoms with Gasteiger partial charge in [-0.2, -0.15) is 0 Å². The molecular weight excluding hydrogens is 292 g/mol. The highest BCUT2D eigenvalue weighted by atomic mass is 32.2. The summed E-state index contributed by atoms with van der Waals surface area (Å²) < 4.78 is 48.4. The Kier molecular flexibility index (Phi) is 4.09. The molecule has 112 valence electrons. The molecule has 2 rings (SSSR count). The van der Waals surface area contributed by atoms with Gasteiger partial charge in [-0.05, 0) is 25.3 Å². The Morgan fingerprint density at radius 2 is 2.15 bits per heavy atom. The molecule has 1 aromatic heterocycles. The largest absolute Gasteiger partial charge is 0.348 e. The van der Waals surface area contributed by atoms with Crippen molar-refractivity contribution in [2.24, 2.45) is 5.14 Å². The number of hydrogen-bond acceptors (Lipinski definition) is 3. The van der Waals surface area contributed by atoms with Gasteiger partial charge >= 0.3 is 0 Å². The maximum atomic E-state index is 12.5. The van der Waals surface area contributed by atoms with Crippen molar-refractivity contribution in [3.05, 3.63) is 18.0 Å². The lowest BCUT2D eigenvalue weighted by Crippen LogP contribution is -2.40. The van der Waals surface area contributed by atoms with E-state index in [0.717, 1.165) is 36.1 Å². The van der Waals surface area contributed by atoms with E-state index in [9.17, 15) is 22.0 Å². The zero-order chi connectivity index (χ0) is 14.9. The van der Waals surface area contributed by atoms with Crippen LogP contribution in [-0.4, -0.2) is 31.4 Å². The second kappa shape index (κ2) is 5.49. The van der Waals surface area contributed by atoms with E-state index in [1.165, 1.54) is 0 Å². The standard InChI is InChI=1S/C11H15F2N3O3S/c12-10(13)6-16-5-8(20(14,18)19)4-9(16)11(17)15-7-2-1-3-7/h4-5,7,10H,1-3,6H2,(H,15,17)(H2,14,18,19). The minimum absolute atomic E-state index is 0.0235. The van der Waals surface area contributed by atoms with E-state index in [-0.39, 0.29) is 16.6 Å². The summed E-state index contributed by atoms with van der Waals surface area (Å²) in [6.07, 6.45) is 0.931. The van der Waals surface area contributed by atoms with E-state index in [4.69, 9.17) is 5.14 Å². The molecule has 0 aromatic carbocycles. The molecular formula is C11H15F2N3O3S. The first-order valence-corrected chi connectivity index (χ1v) is 7.64. The fraction of sp³-hybridized carbons (Fsp3) is 0.545. The molecule has 1 aliphatic rings. The molecule has 0 aliphatic heterocycles. The molecule has 1 aromatic rings. The number of rotatable bonds is 5. The van der Waals surface area contributed by atoms with E-state index >= 15 is 0 Å². The normalized spacial score (nSPS) is 16.2. The molecule has 20 heavy (non-hydrogen) atoms. The molecule has 0 unspecified atom stereocenters. The minimum Gasteiger partial charge on any atom is -0.348 e. The Labute approximate surface area is 115 Å². The van der Waals surface area contributed by atoms with Gasteiger partial charge in [0, 0.05) is 12.2 Å². The fourth-order valence-corrected chi connectivity index (χ4v) is 2.49. The van der Waals surface area contributed by atoms with Crippen LogP contribution < -0.4 is 10.5 Å². The highest BCUT2D eigenvalue weighted by molar-refractivity contribution is 7.89. The highest BCUT2D eigenvalue weighted by Crippen LogP contribution is 2.20. The van der Waals surface area contributed by atoms with Crippen LogP contribution in [0.1, 0.15) is 29.8 Å². The zero-order valence-electron chi connectivity index (χ0n) is 10.6. The second-order valence-electron chi connectivity index (χ2n) is 4.75. The number of sulfonamides is 1. The molecule has 6 nitrogen and oxygen atoms in total. The van der Waals surface area contributed by atoms with Gasteiger partial charge in [-0.25, -0.2) is 22.3 Å². The average molecular weight is 307 g/mol. The van der Waals surface area contributed by atoms with Crippen LogP contribution in [0, 0.1) is 0 Å². The smallest absolute Gasteiger partial charge is 0.268 e. The number of halogens is 2. The van der Waals surface area contributed by atoms with Gasteiger partial charge < -0.3 is 9.88 Å². The Bertz CT molecular complexity index is 608. The molecule has 1 aliphatic carbocycles. The summed E-state index contributed by atoms with van der Waals surface area (Å²) in [4.78, 5) is 11.6. The van der Waals surface area contributed by atoms with Gasteiger partial charge in [0.25, 0.3) is 12.3 Å². The number of carbonyl (C=O) groups is 1. The number of primary sulfonamides is 1. The quantitative estimate of drug-likeness (QED) is 0.837. The Balaban J connectivity index is 2.28. The van der Waals surface area contributed by atoms with Gasteiger partial charge in [0.15, 0.2) is 0 Å². The van der Waals surface area contributed by atoms with E-state index in [2.05, 4.69) is 5.32 Å². The molecule has 1 fully saturated rings. The number of nitrogens with one attached hydrogen (secondary N) is 1. The third-order valence-corrected chi connectivity index (χ3v) is 4.09. The van der Waals surface area contributed by atoms with Gasteiger partial charge in [0.05, 0.1) is 6.54 Å². The van der Waals surface area contributed by atoms with Crippen LogP contribution in [0.15, 0.2) is 17.2 Å². The molecule has 9 heteroatoms. The zero-order valence-corrected chi connectivity index (χ0v) is 11.4. The van der Waals surface area contributed by atoms with Crippen LogP contribution in [0.3, 0.4) is 0 Å². The van der Waals surface area contributed by atoms with Crippen molar-refractivity contribution in [1.82, 2.24) is 9.88 Å². The monoisotopic (exact) mass is 307 g/mol. The summed E-state index contributed by atoms with van der Waals surface area (Å²) in [5, 5.41) is 7.62. The molecule has 0 radical (unpaired) electrons. The van der Waals surface area contributed by atoms with Crippen molar-refractivity contribution in [2.75, 3.05) is 0 Å². The Hall–Kier alpha value is -1.48. The first-order valence-electron chi connectivity index (χ1n) is 6.09. The molecule has 1 heterocycles. The molecule has 3 N–H and O–H groups in total. The third kappa shape index (κ3) is 3.34. The minimum atomic E-state index is -4.04. The lowest BCUT2D eigenvalue weighted by Gasteiger charge is -2.26.